The zero-order valence-electron chi connectivity index (χ0n) is 10.2. The summed E-state index contributed by atoms with van der Waals surface area (Å²) in [5, 5.41) is 13.0. The van der Waals surface area contributed by atoms with Crippen LogP contribution in [-0.4, -0.2) is 37.5 Å². The predicted octanol–water partition coefficient (Wildman–Crippen LogP) is 1.55. The highest BCUT2D eigenvalue weighted by Gasteiger charge is 2.24. The first-order valence-corrected chi connectivity index (χ1v) is 6.82. The van der Waals surface area contributed by atoms with Gasteiger partial charge in [0.1, 0.15) is 0 Å². The Morgan fingerprint density at radius 1 is 1.19 bits per heavy atom. The number of aliphatic hydroxyl groups excluding tert-OH is 1. The summed E-state index contributed by atoms with van der Waals surface area (Å²) in [6.45, 7) is 3.19. The maximum atomic E-state index is 9.45. The number of hydrogen-bond donors (Lipinski definition) is 2. The Hall–Kier alpha value is -0.120. The fraction of sp³-hybridized carbons (Fsp3) is 1.00. The summed E-state index contributed by atoms with van der Waals surface area (Å²) >= 11 is 0. The smallest absolute Gasteiger partial charge is 0.0468 e. The first-order chi connectivity index (χ1) is 7.90. The number of ether oxygens (including phenoxy) is 1. The summed E-state index contributed by atoms with van der Waals surface area (Å²) in [5.41, 5.74) is 0. The van der Waals surface area contributed by atoms with Gasteiger partial charge in [-0.15, -0.1) is 0 Å². The second-order valence-electron chi connectivity index (χ2n) is 5.26. The van der Waals surface area contributed by atoms with E-state index in [1.165, 1.54) is 19.3 Å². The third-order valence-corrected chi connectivity index (χ3v) is 4.22. The first-order valence-electron chi connectivity index (χ1n) is 6.82. The van der Waals surface area contributed by atoms with Gasteiger partial charge in [0.25, 0.3) is 0 Å². The van der Waals surface area contributed by atoms with E-state index in [-0.39, 0.29) is 0 Å². The van der Waals surface area contributed by atoms with E-state index in [9.17, 15) is 5.11 Å². The van der Waals surface area contributed by atoms with Crippen LogP contribution < -0.4 is 5.32 Å². The molecular formula is C13H25NO2. The van der Waals surface area contributed by atoms with Crippen LogP contribution in [-0.2, 0) is 4.74 Å². The molecule has 0 aromatic rings. The maximum Gasteiger partial charge on any atom is 0.0468 e. The lowest BCUT2D eigenvalue weighted by atomic mass is 9.84. The van der Waals surface area contributed by atoms with Crippen molar-refractivity contribution in [2.45, 2.75) is 44.6 Å². The van der Waals surface area contributed by atoms with Gasteiger partial charge < -0.3 is 15.2 Å². The van der Waals surface area contributed by atoms with Crippen molar-refractivity contribution in [3.8, 4) is 0 Å². The standard InChI is InChI=1S/C13H25NO2/c15-10-12(11-5-8-16-9-6-11)4-7-14-13-2-1-3-13/h11-15H,1-10H2. The third kappa shape index (κ3) is 3.44. The van der Waals surface area contributed by atoms with E-state index < -0.39 is 0 Å². The third-order valence-electron chi connectivity index (χ3n) is 4.22. The Labute approximate surface area is 98.6 Å². The summed E-state index contributed by atoms with van der Waals surface area (Å²) in [7, 11) is 0. The average molecular weight is 227 g/mol. The minimum atomic E-state index is 0.344. The van der Waals surface area contributed by atoms with E-state index in [0.29, 0.717) is 18.4 Å². The van der Waals surface area contributed by atoms with Gasteiger partial charge >= 0.3 is 0 Å². The van der Waals surface area contributed by atoms with Crippen molar-refractivity contribution in [1.82, 2.24) is 5.32 Å². The molecule has 16 heavy (non-hydrogen) atoms. The molecule has 1 aliphatic carbocycles. The van der Waals surface area contributed by atoms with Crippen LogP contribution in [0.15, 0.2) is 0 Å². The Balaban J connectivity index is 1.63. The molecule has 1 saturated heterocycles. The molecule has 0 spiro atoms. The van der Waals surface area contributed by atoms with Gasteiger partial charge in [-0.2, -0.15) is 0 Å². The minimum Gasteiger partial charge on any atom is -0.396 e. The van der Waals surface area contributed by atoms with Crippen LogP contribution in [0.3, 0.4) is 0 Å². The molecule has 2 N–H and O–H groups in total. The second-order valence-corrected chi connectivity index (χ2v) is 5.26. The Morgan fingerprint density at radius 3 is 2.50 bits per heavy atom. The minimum absolute atomic E-state index is 0.344. The van der Waals surface area contributed by atoms with Gasteiger partial charge in [0.05, 0.1) is 0 Å². The highest BCUT2D eigenvalue weighted by Crippen LogP contribution is 2.26. The quantitative estimate of drug-likeness (QED) is 0.723. The molecule has 1 aliphatic heterocycles. The molecule has 3 nitrogen and oxygen atoms in total. The van der Waals surface area contributed by atoms with Crippen molar-refractivity contribution in [2.75, 3.05) is 26.4 Å². The van der Waals surface area contributed by atoms with Crippen LogP contribution in [0.1, 0.15) is 38.5 Å². The molecule has 1 heterocycles. The predicted molar refractivity (Wildman–Crippen MR) is 64.4 cm³/mol. The monoisotopic (exact) mass is 227 g/mol. The number of nitrogens with one attached hydrogen (secondary N) is 1. The molecule has 2 aliphatic rings. The van der Waals surface area contributed by atoms with Crippen molar-refractivity contribution >= 4 is 0 Å². The lowest BCUT2D eigenvalue weighted by Crippen LogP contribution is -2.37. The summed E-state index contributed by atoms with van der Waals surface area (Å²) in [4.78, 5) is 0. The maximum absolute atomic E-state index is 9.45. The van der Waals surface area contributed by atoms with Gasteiger partial charge in [-0.3, -0.25) is 0 Å². The van der Waals surface area contributed by atoms with E-state index in [2.05, 4.69) is 5.32 Å². The summed E-state index contributed by atoms with van der Waals surface area (Å²) in [5.74, 6) is 1.17. The Kier molecular flexibility index (Phi) is 5.07. The molecule has 94 valence electrons. The van der Waals surface area contributed by atoms with Crippen LogP contribution in [0, 0.1) is 11.8 Å². The van der Waals surface area contributed by atoms with Gasteiger partial charge in [0.15, 0.2) is 0 Å². The fourth-order valence-electron chi connectivity index (χ4n) is 2.75. The number of hydrogen-bond acceptors (Lipinski definition) is 3. The van der Waals surface area contributed by atoms with E-state index in [1.807, 2.05) is 0 Å². The van der Waals surface area contributed by atoms with E-state index in [0.717, 1.165) is 45.1 Å². The van der Waals surface area contributed by atoms with Crippen LogP contribution in [0.4, 0.5) is 0 Å². The Morgan fingerprint density at radius 2 is 1.94 bits per heavy atom. The number of aliphatic hydroxyl groups is 1. The van der Waals surface area contributed by atoms with E-state index >= 15 is 0 Å². The van der Waals surface area contributed by atoms with E-state index in [4.69, 9.17) is 4.74 Å². The average Bonchev–Trinajstić information content (AvgIpc) is 2.28. The van der Waals surface area contributed by atoms with Crippen LogP contribution in [0.5, 0.6) is 0 Å². The lowest BCUT2D eigenvalue weighted by Gasteiger charge is -2.31. The molecule has 2 fully saturated rings. The van der Waals surface area contributed by atoms with Gasteiger partial charge in [-0.1, -0.05) is 6.42 Å². The second kappa shape index (κ2) is 6.58. The Bertz CT molecular complexity index is 188. The highest BCUT2D eigenvalue weighted by molar-refractivity contribution is 4.78. The zero-order chi connectivity index (χ0) is 11.2. The zero-order valence-corrected chi connectivity index (χ0v) is 10.2. The largest absolute Gasteiger partial charge is 0.396 e. The molecule has 3 heteroatoms. The molecule has 1 saturated carbocycles. The molecular weight excluding hydrogens is 202 g/mol. The molecule has 0 aromatic carbocycles. The van der Waals surface area contributed by atoms with Crippen molar-refractivity contribution in [2.24, 2.45) is 11.8 Å². The summed E-state index contributed by atoms with van der Waals surface area (Å²) < 4.78 is 5.37. The van der Waals surface area contributed by atoms with Crippen molar-refractivity contribution in [3.05, 3.63) is 0 Å². The highest BCUT2D eigenvalue weighted by atomic mass is 16.5. The van der Waals surface area contributed by atoms with Gasteiger partial charge in [0, 0.05) is 25.9 Å². The molecule has 0 amide bonds. The molecule has 0 radical (unpaired) electrons. The van der Waals surface area contributed by atoms with Crippen LogP contribution >= 0.6 is 0 Å². The molecule has 2 rings (SSSR count). The molecule has 0 bridgehead atoms. The van der Waals surface area contributed by atoms with Crippen molar-refractivity contribution < 1.29 is 9.84 Å². The SMILES string of the molecule is OCC(CCNC1CCC1)C1CCOCC1. The molecule has 1 unspecified atom stereocenters. The topological polar surface area (TPSA) is 41.5 Å². The fourth-order valence-corrected chi connectivity index (χ4v) is 2.75. The lowest BCUT2D eigenvalue weighted by molar-refractivity contribution is 0.0309. The number of rotatable bonds is 6. The molecule has 0 aromatic heterocycles. The van der Waals surface area contributed by atoms with Crippen molar-refractivity contribution in [1.29, 1.82) is 0 Å². The molecule has 1 atom stereocenters. The first kappa shape index (κ1) is 12.3. The van der Waals surface area contributed by atoms with Gasteiger partial charge in [-0.25, -0.2) is 0 Å². The summed E-state index contributed by atoms with van der Waals surface area (Å²) in [6, 6.07) is 0.772. The van der Waals surface area contributed by atoms with Crippen LogP contribution in [0.25, 0.3) is 0 Å². The van der Waals surface area contributed by atoms with Gasteiger partial charge in [-0.05, 0) is 50.5 Å². The van der Waals surface area contributed by atoms with Crippen LogP contribution in [0.2, 0.25) is 0 Å². The normalized spacial score (nSPS) is 25.3. The van der Waals surface area contributed by atoms with Crippen molar-refractivity contribution in [3.63, 3.8) is 0 Å². The van der Waals surface area contributed by atoms with E-state index in [1.54, 1.807) is 0 Å². The summed E-state index contributed by atoms with van der Waals surface area (Å²) in [6.07, 6.45) is 7.48. The van der Waals surface area contributed by atoms with Gasteiger partial charge in [0.2, 0.25) is 0 Å².